The van der Waals surface area contributed by atoms with Crippen molar-refractivity contribution >= 4 is 12.0 Å². The Labute approximate surface area is 120 Å². The Morgan fingerprint density at radius 1 is 1.40 bits per heavy atom. The second-order valence-corrected chi connectivity index (χ2v) is 6.62. The Balaban J connectivity index is 1.74. The molecule has 2 amide bonds. The first-order chi connectivity index (χ1) is 9.28. The lowest BCUT2D eigenvalue weighted by Gasteiger charge is -2.41. The van der Waals surface area contributed by atoms with Crippen molar-refractivity contribution in [2.75, 3.05) is 26.2 Å². The van der Waals surface area contributed by atoms with Crippen LogP contribution in [0.3, 0.4) is 0 Å². The van der Waals surface area contributed by atoms with Gasteiger partial charge in [-0.15, -0.1) is 12.3 Å². The summed E-state index contributed by atoms with van der Waals surface area (Å²) < 4.78 is 5.30. The maximum absolute atomic E-state index is 11.8. The van der Waals surface area contributed by atoms with Crippen molar-refractivity contribution in [2.45, 2.75) is 32.8 Å². The van der Waals surface area contributed by atoms with Crippen molar-refractivity contribution in [3.05, 3.63) is 0 Å². The number of carbonyl (C=O) groups is 2. The first kappa shape index (κ1) is 14.7. The van der Waals surface area contributed by atoms with E-state index in [4.69, 9.17) is 11.2 Å². The smallest absolute Gasteiger partial charge is 0.410 e. The number of ether oxygens (including phenoxy) is 1. The van der Waals surface area contributed by atoms with E-state index >= 15 is 0 Å². The number of hydrogen-bond acceptors (Lipinski definition) is 3. The molecule has 0 radical (unpaired) electrons. The average molecular weight is 278 g/mol. The van der Waals surface area contributed by atoms with Crippen LogP contribution in [0.5, 0.6) is 0 Å². The number of nitrogens with zero attached hydrogens (tertiary/aromatic N) is 2. The van der Waals surface area contributed by atoms with Crippen molar-refractivity contribution in [2.24, 2.45) is 11.8 Å². The van der Waals surface area contributed by atoms with E-state index < -0.39 is 5.60 Å². The van der Waals surface area contributed by atoms with Crippen LogP contribution in [0, 0.1) is 24.2 Å². The van der Waals surface area contributed by atoms with Crippen molar-refractivity contribution in [1.29, 1.82) is 0 Å². The topological polar surface area (TPSA) is 49.9 Å². The molecule has 2 saturated heterocycles. The van der Waals surface area contributed by atoms with E-state index in [1.165, 1.54) is 0 Å². The first-order valence-corrected chi connectivity index (χ1v) is 7.00. The Hall–Kier alpha value is -1.70. The molecule has 5 heteroatoms. The molecule has 0 N–H and O–H groups in total. The van der Waals surface area contributed by atoms with Crippen LogP contribution in [0.25, 0.3) is 0 Å². The fraction of sp³-hybridized carbons (Fsp3) is 0.733. The van der Waals surface area contributed by atoms with E-state index in [0.29, 0.717) is 38.5 Å². The summed E-state index contributed by atoms with van der Waals surface area (Å²) in [5, 5.41) is 0. The van der Waals surface area contributed by atoms with Crippen molar-refractivity contribution in [3.8, 4) is 12.3 Å². The van der Waals surface area contributed by atoms with Crippen molar-refractivity contribution in [3.63, 3.8) is 0 Å². The number of likely N-dealkylation sites (tertiary alicyclic amines) is 2. The van der Waals surface area contributed by atoms with Gasteiger partial charge in [0.1, 0.15) is 5.60 Å². The molecule has 5 nitrogen and oxygen atoms in total. The first-order valence-electron chi connectivity index (χ1n) is 7.00. The van der Waals surface area contributed by atoms with Gasteiger partial charge in [0.05, 0.1) is 0 Å². The largest absolute Gasteiger partial charge is 0.444 e. The summed E-state index contributed by atoms with van der Waals surface area (Å²) in [5.41, 5.74) is -0.465. The minimum atomic E-state index is -0.465. The molecule has 2 rings (SSSR count). The molecule has 0 aliphatic carbocycles. The minimum Gasteiger partial charge on any atom is -0.444 e. The lowest BCUT2D eigenvalue weighted by molar-refractivity contribution is -0.128. The van der Waals surface area contributed by atoms with Crippen LogP contribution in [0.4, 0.5) is 4.79 Å². The number of hydrogen-bond donors (Lipinski definition) is 0. The zero-order valence-electron chi connectivity index (χ0n) is 12.4. The third kappa shape index (κ3) is 3.44. The van der Waals surface area contributed by atoms with Gasteiger partial charge in [-0.25, -0.2) is 4.79 Å². The van der Waals surface area contributed by atoms with Gasteiger partial charge in [0, 0.05) is 44.4 Å². The highest BCUT2D eigenvalue weighted by molar-refractivity contribution is 5.79. The molecule has 0 spiro atoms. The molecule has 2 fully saturated rings. The predicted molar refractivity (Wildman–Crippen MR) is 74.8 cm³/mol. The van der Waals surface area contributed by atoms with Crippen LogP contribution < -0.4 is 0 Å². The van der Waals surface area contributed by atoms with Crippen LogP contribution in [-0.2, 0) is 9.53 Å². The van der Waals surface area contributed by atoms with Gasteiger partial charge in [-0.1, -0.05) is 0 Å². The van der Waals surface area contributed by atoms with Gasteiger partial charge in [0.25, 0.3) is 0 Å². The zero-order chi connectivity index (χ0) is 14.9. The van der Waals surface area contributed by atoms with Crippen LogP contribution in [0.15, 0.2) is 0 Å². The lowest BCUT2D eigenvalue weighted by Crippen LogP contribution is -2.55. The highest BCUT2D eigenvalue weighted by Gasteiger charge is 2.37. The van der Waals surface area contributed by atoms with Crippen LogP contribution in [0.1, 0.15) is 27.2 Å². The van der Waals surface area contributed by atoms with E-state index in [1.807, 2.05) is 25.7 Å². The van der Waals surface area contributed by atoms with E-state index in [0.717, 1.165) is 0 Å². The molecule has 0 aromatic heterocycles. The Bertz CT molecular complexity index is 441. The van der Waals surface area contributed by atoms with Crippen LogP contribution >= 0.6 is 0 Å². The summed E-state index contributed by atoms with van der Waals surface area (Å²) in [5.74, 6) is 3.15. The fourth-order valence-electron chi connectivity index (χ4n) is 2.53. The van der Waals surface area contributed by atoms with Gasteiger partial charge in [0.15, 0.2) is 0 Å². The number of amides is 2. The third-order valence-electron chi connectivity index (χ3n) is 3.54. The summed E-state index contributed by atoms with van der Waals surface area (Å²) in [4.78, 5) is 27.0. The van der Waals surface area contributed by atoms with Gasteiger partial charge in [-0.05, 0) is 20.8 Å². The maximum atomic E-state index is 11.8. The van der Waals surface area contributed by atoms with Gasteiger partial charge in [0.2, 0.25) is 5.91 Å². The molecule has 1 atom stereocenters. The quantitative estimate of drug-likeness (QED) is 0.716. The minimum absolute atomic E-state index is 0.0459. The SMILES string of the molecule is C#CC1CC(=O)N(CC2CN(C(=O)OC(C)(C)C)C2)C1. The molecular formula is C15H22N2O3. The summed E-state index contributed by atoms with van der Waals surface area (Å²) in [7, 11) is 0. The van der Waals surface area contributed by atoms with E-state index in [9.17, 15) is 9.59 Å². The average Bonchev–Trinajstić information content (AvgIpc) is 2.61. The molecule has 1 unspecified atom stereocenters. The molecule has 20 heavy (non-hydrogen) atoms. The van der Waals surface area contributed by atoms with E-state index in [2.05, 4.69) is 5.92 Å². The number of terminal acetylenes is 1. The fourth-order valence-corrected chi connectivity index (χ4v) is 2.53. The Kier molecular flexibility index (Phi) is 3.94. The Morgan fingerprint density at radius 2 is 2.05 bits per heavy atom. The molecule has 0 aromatic carbocycles. The highest BCUT2D eigenvalue weighted by atomic mass is 16.6. The number of rotatable bonds is 2. The summed E-state index contributed by atoms with van der Waals surface area (Å²) >= 11 is 0. The van der Waals surface area contributed by atoms with Gasteiger partial charge < -0.3 is 14.5 Å². The molecule has 0 bridgehead atoms. The van der Waals surface area contributed by atoms with Gasteiger partial charge in [-0.3, -0.25) is 4.79 Å². The van der Waals surface area contributed by atoms with Gasteiger partial charge >= 0.3 is 6.09 Å². The molecule has 2 aliphatic rings. The summed E-state index contributed by atoms with van der Waals surface area (Å²) in [6.07, 6.45) is 5.54. The molecule has 2 heterocycles. The zero-order valence-corrected chi connectivity index (χ0v) is 12.4. The predicted octanol–water partition coefficient (Wildman–Crippen LogP) is 1.34. The number of carbonyl (C=O) groups excluding carboxylic acids is 2. The molecule has 2 aliphatic heterocycles. The Morgan fingerprint density at radius 3 is 2.55 bits per heavy atom. The summed E-state index contributed by atoms with van der Waals surface area (Å²) in [6, 6.07) is 0. The second kappa shape index (κ2) is 5.35. The highest BCUT2D eigenvalue weighted by Crippen LogP contribution is 2.24. The van der Waals surface area contributed by atoms with Crippen molar-refractivity contribution < 1.29 is 14.3 Å². The van der Waals surface area contributed by atoms with Crippen LogP contribution in [0.2, 0.25) is 0 Å². The monoisotopic (exact) mass is 278 g/mol. The normalized spacial score (nSPS) is 23.5. The summed E-state index contributed by atoms with van der Waals surface area (Å²) in [6.45, 7) is 8.20. The standard InChI is InChI=1S/C15H22N2O3/c1-5-11-6-13(18)16(7-11)8-12-9-17(10-12)14(19)20-15(2,3)4/h1,11-12H,6-10H2,2-4H3. The molecular weight excluding hydrogens is 256 g/mol. The third-order valence-corrected chi connectivity index (χ3v) is 3.54. The second-order valence-electron chi connectivity index (χ2n) is 6.62. The van der Waals surface area contributed by atoms with Gasteiger partial charge in [-0.2, -0.15) is 0 Å². The molecule has 110 valence electrons. The van der Waals surface area contributed by atoms with Crippen LogP contribution in [-0.4, -0.2) is 53.6 Å². The molecule has 0 saturated carbocycles. The van der Waals surface area contributed by atoms with E-state index in [-0.39, 0.29) is 17.9 Å². The van der Waals surface area contributed by atoms with E-state index in [1.54, 1.807) is 4.90 Å². The molecule has 0 aromatic rings. The maximum Gasteiger partial charge on any atom is 0.410 e. The van der Waals surface area contributed by atoms with Crippen molar-refractivity contribution in [1.82, 2.24) is 9.80 Å². The lowest BCUT2D eigenvalue weighted by atomic mass is 10.0.